The summed E-state index contributed by atoms with van der Waals surface area (Å²) in [4.78, 5) is 21.3. The largest absolute Gasteiger partial charge is 0.323 e. The van der Waals surface area contributed by atoms with Crippen molar-refractivity contribution >= 4 is 22.9 Å². The van der Waals surface area contributed by atoms with Crippen LogP contribution < -0.4 is 5.32 Å². The Labute approximate surface area is 160 Å². The lowest BCUT2D eigenvalue weighted by molar-refractivity contribution is -0.115. The minimum absolute atomic E-state index is 0.103. The number of aromatic nitrogens is 4. The van der Waals surface area contributed by atoms with Gasteiger partial charge in [0.1, 0.15) is 0 Å². The highest BCUT2D eigenvalue weighted by Gasteiger charge is 2.11. The van der Waals surface area contributed by atoms with Gasteiger partial charge in [-0.05, 0) is 30.7 Å². The predicted octanol–water partition coefficient (Wildman–Crippen LogP) is 3.88. The first kappa shape index (κ1) is 17.1. The average Bonchev–Trinajstić information content (AvgIpc) is 3.35. The molecular weight excluding hydrogens is 358 g/mol. The van der Waals surface area contributed by atoms with Crippen LogP contribution in [0.1, 0.15) is 10.6 Å². The van der Waals surface area contributed by atoms with Crippen LogP contribution in [0, 0.1) is 6.92 Å². The summed E-state index contributed by atoms with van der Waals surface area (Å²) in [5.41, 5.74) is 3.58. The molecule has 6 nitrogen and oxygen atoms in total. The summed E-state index contributed by atoms with van der Waals surface area (Å²) >= 11 is 1.63. The molecule has 27 heavy (non-hydrogen) atoms. The number of anilines is 1. The molecular formula is C20H17N5OS. The lowest BCUT2D eigenvalue weighted by Gasteiger charge is -2.10. The third-order valence-corrected chi connectivity index (χ3v) is 4.79. The smallest absolute Gasteiger partial charge is 0.228 e. The molecule has 3 aromatic heterocycles. The Morgan fingerprint density at radius 3 is 2.70 bits per heavy atom. The van der Waals surface area contributed by atoms with E-state index in [0.29, 0.717) is 11.5 Å². The fraction of sp³-hybridized carbons (Fsp3) is 0.100. The number of nitrogens with zero attached hydrogens (tertiary/aromatic N) is 4. The summed E-state index contributed by atoms with van der Waals surface area (Å²) in [6.45, 7) is 1.99. The lowest BCUT2D eigenvalue weighted by Crippen LogP contribution is -2.16. The van der Waals surface area contributed by atoms with Crippen LogP contribution in [0.5, 0.6) is 0 Å². The van der Waals surface area contributed by atoms with E-state index >= 15 is 0 Å². The molecule has 7 heteroatoms. The molecule has 1 amide bonds. The molecule has 1 aromatic carbocycles. The zero-order valence-corrected chi connectivity index (χ0v) is 15.5. The van der Waals surface area contributed by atoms with E-state index in [4.69, 9.17) is 0 Å². The van der Waals surface area contributed by atoms with Gasteiger partial charge in [-0.1, -0.05) is 24.3 Å². The number of pyridine rings is 1. The molecule has 0 saturated heterocycles. The zero-order chi connectivity index (χ0) is 18.6. The number of thiazole rings is 1. The summed E-state index contributed by atoms with van der Waals surface area (Å²) in [6.07, 6.45) is 5.41. The molecule has 0 aliphatic rings. The van der Waals surface area contributed by atoms with Crippen LogP contribution in [-0.2, 0) is 11.2 Å². The first-order valence-electron chi connectivity index (χ1n) is 8.45. The van der Waals surface area contributed by atoms with E-state index in [-0.39, 0.29) is 12.3 Å². The zero-order valence-electron chi connectivity index (χ0n) is 14.7. The highest BCUT2D eigenvalue weighted by molar-refractivity contribution is 7.09. The molecule has 4 aromatic rings. The topological polar surface area (TPSA) is 72.7 Å². The van der Waals surface area contributed by atoms with Crippen molar-refractivity contribution in [1.29, 1.82) is 0 Å². The van der Waals surface area contributed by atoms with Crippen LogP contribution in [-0.4, -0.2) is 25.7 Å². The normalized spacial score (nSPS) is 10.7. The number of rotatable bonds is 5. The number of aryl methyl sites for hydroxylation is 1. The molecule has 3 heterocycles. The maximum atomic E-state index is 12.5. The van der Waals surface area contributed by atoms with Crippen LogP contribution in [0.4, 0.5) is 5.69 Å². The van der Waals surface area contributed by atoms with Gasteiger partial charge in [0.25, 0.3) is 0 Å². The summed E-state index contributed by atoms with van der Waals surface area (Å²) in [7, 11) is 0. The van der Waals surface area contributed by atoms with Crippen molar-refractivity contribution in [2.45, 2.75) is 13.3 Å². The van der Waals surface area contributed by atoms with E-state index in [1.54, 1.807) is 40.7 Å². The Hall–Kier alpha value is -3.32. The Balaban J connectivity index is 1.46. The average molecular weight is 375 g/mol. The number of carbonyl (C=O) groups is 1. The maximum Gasteiger partial charge on any atom is 0.228 e. The molecule has 0 radical (unpaired) electrons. The number of hydrogen-bond donors (Lipinski definition) is 1. The Bertz CT molecular complexity index is 1050. The predicted molar refractivity (Wildman–Crippen MR) is 106 cm³/mol. The van der Waals surface area contributed by atoms with Crippen molar-refractivity contribution in [2.75, 3.05) is 5.32 Å². The standard InChI is InChI=1S/C20H17N5OS/c1-14-23-18(13-27-14)16-7-5-15(6-8-16)12-19(26)24-17-4-2-9-21-20(17)25-11-3-10-22-25/h2-11,13H,12H2,1H3,(H,24,26). The SMILES string of the molecule is Cc1nc(-c2ccc(CC(=O)Nc3cccnc3-n3cccn3)cc2)cs1. The van der Waals surface area contributed by atoms with E-state index < -0.39 is 0 Å². The van der Waals surface area contributed by atoms with Crippen molar-refractivity contribution in [1.82, 2.24) is 19.7 Å². The second kappa shape index (κ2) is 7.51. The third-order valence-electron chi connectivity index (χ3n) is 4.02. The summed E-state index contributed by atoms with van der Waals surface area (Å²) in [5, 5.41) is 10.2. The van der Waals surface area contributed by atoms with Crippen molar-refractivity contribution in [3.8, 4) is 17.1 Å². The van der Waals surface area contributed by atoms with Gasteiger partial charge in [0.15, 0.2) is 5.82 Å². The van der Waals surface area contributed by atoms with Gasteiger partial charge in [0, 0.05) is 29.5 Å². The van der Waals surface area contributed by atoms with Crippen molar-refractivity contribution in [3.05, 3.63) is 77.0 Å². The molecule has 0 aliphatic heterocycles. The second-order valence-corrected chi connectivity index (χ2v) is 7.06. The summed E-state index contributed by atoms with van der Waals surface area (Å²) < 4.78 is 1.63. The van der Waals surface area contributed by atoms with Crippen LogP contribution in [0.3, 0.4) is 0 Å². The van der Waals surface area contributed by atoms with Gasteiger partial charge < -0.3 is 5.32 Å². The number of amides is 1. The van der Waals surface area contributed by atoms with Crippen molar-refractivity contribution in [2.24, 2.45) is 0 Å². The molecule has 0 unspecified atom stereocenters. The molecule has 1 N–H and O–H groups in total. The van der Waals surface area contributed by atoms with E-state index in [1.807, 2.05) is 48.7 Å². The van der Waals surface area contributed by atoms with Gasteiger partial charge in [-0.2, -0.15) is 5.10 Å². The van der Waals surface area contributed by atoms with E-state index in [9.17, 15) is 4.79 Å². The van der Waals surface area contributed by atoms with Crippen LogP contribution >= 0.6 is 11.3 Å². The summed E-state index contributed by atoms with van der Waals surface area (Å²) in [6, 6.07) is 13.3. The number of hydrogen-bond acceptors (Lipinski definition) is 5. The molecule has 0 fully saturated rings. The first-order valence-corrected chi connectivity index (χ1v) is 9.33. The van der Waals surface area contributed by atoms with Gasteiger partial charge in [0.2, 0.25) is 5.91 Å². The molecule has 4 rings (SSSR count). The monoisotopic (exact) mass is 375 g/mol. The Morgan fingerprint density at radius 1 is 1.15 bits per heavy atom. The molecule has 0 spiro atoms. The van der Waals surface area contributed by atoms with Gasteiger partial charge >= 0.3 is 0 Å². The van der Waals surface area contributed by atoms with E-state index in [2.05, 4.69) is 20.4 Å². The minimum Gasteiger partial charge on any atom is -0.323 e. The fourth-order valence-corrected chi connectivity index (χ4v) is 3.36. The van der Waals surface area contributed by atoms with E-state index in [0.717, 1.165) is 21.8 Å². The highest BCUT2D eigenvalue weighted by atomic mass is 32.1. The quantitative estimate of drug-likeness (QED) is 0.574. The van der Waals surface area contributed by atoms with Gasteiger partial charge in [-0.15, -0.1) is 11.3 Å². The molecule has 0 atom stereocenters. The molecule has 0 aliphatic carbocycles. The fourth-order valence-electron chi connectivity index (χ4n) is 2.74. The van der Waals surface area contributed by atoms with E-state index in [1.165, 1.54) is 0 Å². The van der Waals surface area contributed by atoms with Crippen LogP contribution in [0.15, 0.2) is 66.4 Å². The Morgan fingerprint density at radius 2 is 2.00 bits per heavy atom. The van der Waals surface area contributed by atoms with Gasteiger partial charge in [-0.3, -0.25) is 4.79 Å². The molecule has 0 bridgehead atoms. The van der Waals surface area contributed by atoms with Crippen molar-refractivity contribution < 1.29 is 4.79 Å². The molecule has 134 valence electrons. The summed E-state index contributed by atoms with van der Waals surface area (Å²) in [5.74, 6) is 0.485. The number of benzene rings is 1. The van der Waals surface area contributed by atoms with Crippen molar-refractivity contribution in [3.63, 3.8) is 0 Å². The first-order chi connectivity index (χ1) is 13.2. The molecule has 0 saturated carbocycles. The van der Waals surface area contributed by atoms with Crippen LogP contribution in [0.2, 0.25) is 0 Å². The second-order valence-electron chi connectivity index (χ2n) is 6.00. The third kappa shape index (κ3) is 3.93. The lowest BCUT2D eigenvalue weighted by atomic mass is 10.1. The maximum absolute atomic E-state index is 12.5. The van der Waals surface area contributed by atoms with Gasteiger partial charge in [0.05, 0.1) is 22.8 Å². The number of nitrogens with one attached hydrogen (secondary N) is 1. The highest BCUT2D eigenvalue weighted by Crippen LogP contribution is 2.22. The Kier molecular flexibility index (Phi) is 4.76. The minimum atomic E-state index is -0.103. The number of carbonyl (C=O) groups excluding carboxylic acids is 1. The van der Waals surface area contributed by atoms with Gasteiger partial charge in [-0.25, -0.2) is 14.6 Å². The van der Waals surface area contributed by atoms with Crippen LogP contribution in [0.25, 0.3) is 17.1 Å².